The fraction of sp³-hybridized carbons (Fsp3) is 0.538. The summed E-state index contributed by atoms with van der Waals surface area (Å²) in [6, 6.07) is 4.08. The van der Waals surface area contributed by atoms with E-state index in [1.165, 1.54) is 11.5 Å². The van der Waals surface area contributed by atoms with Crippen molar-refractivity contribution in [2.45, 2.75) is 71.6 Å². The number of aryl methyl sites for hydroxylation is 1. The van der Waals surface area contributed by atoms with Gasteiger partial charge in [0, 0.05) is 47.3 Å². The first-order chi connectivity index (χ1) is 18.4. The van der Waals surface area contributed by atoms with Gasteiger partial charge in [0.1, 0.15) is 18.5 Å². The average Bonchev–Trinajstić information content (AvgIpc) is 3.59. The van der Waals surface area contributed by atoms with Gasteiger partial charge in [0.2, 0.25) is 0 Å². The lowest BCUT2D eigenvalue weighted by Crippen LogP contribution is -2.26. The molecule has 212 valence electrons. The summed E-state index contributed by atoms with van der Waals surface area (Å²) < 4.78 is 20.3. The molecule has 0 saturated heterocycles. The number of nitrogens with zero attached hydrogens (tertiary/aromatic N) is 7. The van der Waals surface area contributed by atoms with E-state index in [0.29, 0.717) is 37.2 Å². The highest BCUT2D eigenvalue weighted by Crippen LogP contribution is 2.33. The van der Waals surface area contributed by atoms with Crippen LogP contribution < -0.4 is 4.90 Å². The summed E-state index contributed by atoms with van der Waals surface area (Å²) >= 11 is 1.32. The van der Waals surface area contributed by atoms with Gasteiger partial charge in [0.25, 0.3) is 0 Å². The maximum absolute atomic E-state index is 9.61. The largest absolute Gasteiger partial charge is 0.390 e. The molecule has 0 aromatic carbocycles. The molecule has 10 nitrogen and oxygen atoms in total. The summed E-state index contributed by atoms with van der Waals surface area (Å²) in [4.78, 5) is 11.6. The summed E-state index contributed by atoms with van der Waals surface area (Å²) in [7, 11) is -2.36. The highest BCUT2D eigenvalue weighted by molar-refractivity contribution is 7.10. The minimum atomic E-state index is -1.23. The van der Waals surface area contributed by atoms with Crippen LogP contribution in [0.5, 0.6) is 0 Å². The Labute approximate surface area is 236 Å². The van der Waals surface area contributed by atoms with Crippen molar-refractivity contribution < 1.29 is 14.6 Å². The first kappa shape index (κ1) is 29.6. The second-order valence-electron chi connectivity index (χ2n) is 12.3. The first-order valence-electron chi connectivity index (χ1n) is 13.3. The summed E-state index contributed by atoms with van der Waals surface area (Å²) in [6.45, 7) is 18.1. The third-order valence-electron chi connectivity index (χ3n) is 6.19. The lowest BCUT2D eigenvalue weighted by molar-refractivity contribution is 0.0786. The molecule has 4 aromatic rings. The molecule has 4 aromatic heterocycles. The van der Waals surface area contributed by atoms with Crippen LogP contribution in [0, 0.1) is 6.92 Å². The van der Waals surface area contributed by atoms with Crippen molar-refractivity contribution in [3.8, 4) is 11.3 Å². The van der Waals surface area contributed by atoms with Gasteiger partial charge in [0.15, 0.2) is 11.5 Å². The van der Waals surface area contributed by atoms with Crippen LogP contribution in [-0.2, 0) is 22.8 Å². The zero-order chi connectivity index (χ0) is 28.2. The first-order valence-corrected chi connectivity index (χ1v) is 21.5. The maximum Gasteiger partial charge on any atom is 0.181 e. The quantitative estimate of drug-likeness (QED) is 0.115. The molecule has 0 aliphatic heterocycles. The second kappa shape index (κ2) is 12.4. The fourth-order valence-corrected chi connectivity index (χ4v) is 6.11. The molecule has 13 heteroatoms. The van der Waals surface area contributed by atoms with Crippen LogP contribution >= 0.6 is 11.5 Å². The molecule has 0 saturated carbocycles. The molecule has 0 unspecified atom stereocenters. The Morgan fingerprint density at radius 1 is 1.00 bits per heavy atom. The van der Waals surface area contributed by atoms with E-state index in [9.17, 15) is 5.11 Å². The summed E-state index contributed by atoms with van der Waals surface area (Å²) in [5.74, 6) is 0.685. The van der Waals surface area contributed by atoms with E-state index in [0.717, 1.165) is 40.6 Å². The van der Waals surface area contributed by atoms with Crippen LogP contribution in [0.4, 0.5) is 10.8 Å². The third-order valence-corrected chi connectivity index (χ3v) is 10.5. The van der Waals surface area contributed by atoms with Gasteiger partial charge in [-0.2, -0.15) is 9.47 Å². The standard InChI is InChI=1S/C26H41N7O3SSi2/c1-20-15-32-23(21-13-28-31(16-21)18-35-8-10-38(2,3)4)14-27-25(32)26(29-20)33(19-36-9-11-39(5,6)7)24-12-22(17-34)30-37-24/h12-16,34H,8-11,17-19H2,1-7H3. The normalized spacial score (nSPS) is 12.5. The summed E-state index contributed by atoms with van der Waals surface area (Å²) in [5, 5.41) is 15.0. The van der Waals surface area contributed by atoms with Gasteiger partial charge < -0.3 is 14.6 Å². The van der Waals surface area contributed by atoms with Crippen molar-refractivity contribution in [2.75, 3.05) is 24.8 Å². The highest BCUT2D eigenvalue weighted by Gasteiger charge is 2.22. The number of ether oxygens (including phenoxy) is 2. The zero-order valence-corrected chi connectivity index (χ0v) is 27.0. The topological polar surface area (TPSA) is 103 Å². The van der Waals surface area contributed by atoms with E-state index in [2.05, 4.69) is 48.8 Å². The van der Waals surface area contributed by atoms with Crippen LogP contribution in [0.2, 0.25) is 51.4 Å². The van der Waals surface area contributed by atoms with Crippen molar-refractivity contribution in [2.24, 2.45) is 0 Å². The van der Waals surface area contributed by atoms with Gasteiger partial charge in [-0.15, -0.1) is 0 Å². The minimum Gasteiger partial charge on any atom is -0.390 e. The molecule has 0 spiro atoms. The van der Waals surface area contributed by atoms with Crippen LogP contribution in [0.3, 0.4) is 0 Å². The van der Waals surface area contributed by atoms with Crippen molar-refractivity contribution >= 4 is 44.1 Å². The van der Waals surface area contributed by atoms with E-state index < -0.39 is 16.1 Å². The molecule has 0 amide bonds. The van der Waals surface area contributed by atoms with Crippen LogP contribution in [0.1, 0.15) is 11.4 Å². The number of hydrogen-bond donors (Lipinski definition) is 1. The van der Waals surface area contributed by atoms with Crippen molar-refractivity contribution in [1.82, 2.24) is 28.5 Å². The molecule has 4 rings (SSSR count). The number of aliphatic hydroxyl groups is 1. The number of fused-ring (bicyclic) bond motifs is 1. The minimum absolute atomic E-state index is 0.114. The van der Waals surface area contributed by atoms with Crippen LogP contribution in [-0.4, -0.2) is 69.7 Å². The number of aromatic nitrogens is 6. The van der Waals surface area contributed by atoms with E-state index in [1.807, 2.05) is 51.8 Å². The molecule has 1 N–H and O–H groups in total. The number of anilines is 2. The van der Waals surface area contributed by atoms with Gasteiger partial charge in [-0.25, -0.2) is 14.6 Å². The molecule has 4 heterocycles. The molecule has 0 bridgehead atoms. The Bertz CT molecular complexity index is 1370. The van der Waals surface area contributed by atoms with E-state index in [4.69, 9.17) is 19.4 Å². The number of aliphatic hydroxyl groups excluding tert-OH is 1. The highest BCUT2D eigenvalue weighted by atomic mass is 32.1. The van der Waals surface area contributed by atoms with E-state index in [-0.39, 0.29) is 6.61 Å². The maximum atomic E-state index is 9.61. The average molecular weight is 588 g/mol. The Morgan fingerprint density at radius 3 is 2.38 bits per heavy atom. The third kappa shape index (κ3) is 8.05. The molecule has 0 aliphatic carbocycles. The van der Waals surface area contributed by atoms with Gasteiger partial charge in [-0.05, 0) is 36.6 Å². The van der Waals surface area contributed by atoms with E-state index in [1.54, 1.807) is 0 Å². The van der Waals surface area contributed by atoms with Crippen molar-refractivity contribution in [1.29, 1.82) is 0 Å². The Balaban J connectivity index is 1.60. The smallest absolute Gasteiger partial charge is 0.181 e. The van der Waals surface area contributed by atoms with Crippen LogP contribution in [0.25, 0.3) is 16.9 Å². The molecular formula is C26H41N7O3SSi2. The van der Waals surface area contributed by atoms with Crippen molar-refractivity contribution in [3.05, 3.63) is 42.2 Å². The summed E-state index contributed by atoms with van der Waals surface area (Å²) in [6.07, 6.45) is 7.67. The molecule has 0 atom stereocenters. The van der Waals surface area contributed by atoms with Gasteiger partial charge in [0.05, 0.1) is 36.1 Å². The lowest BCUT2D eigenvalue weighted by Gasteiger charge is -2.23. The Morgan fingerprint density at radius 2 is 1.72 bits per heavy atom. The predicted molar refractivity (Wildman–Crippen MR) is 162 cm³/mol. The molecular weight excluding hydrogens is 547 g/mol. The zero-order valence-electron chi connectivity index (χ0n) is 24.1. The number of imidazole rings is 1. The van der Waals surface area contributed by atoms with Gasteiger partial charge in [-0.3, -0.25) is 9.30 Å². The van der Waals surface area contributed by atoms with Gasteiger partial charge >= 0.3 is 0 Å². The predicted octanol–water partition coefficient (Wildman–Crippen LogP) is 5.61. The lowest BCUT2D eigenvalue weighted by atomic mass is 10.3. The Kier molecular flexibility index (Phi) is 9.39. The summed E-state index contributed by atoms with van der Waals surface area (Å²) in [5.41, 5.74) is 4.05. The van der Waals surface area contributed by atoms with Crippen LogP contribution in [0.15, 0.2) is 30.9 Å². The Hall–Kier alpha value is -2.43. The second-order valence-corrected chi connectivity index (χ2v) is 24.3. The number of hydrogen-bond acceptors (Lipinski definition) is 9. The van der Waals surface area contributed by atoms with Gasteiger partial charge in [-0.1, -0.05) is 39.3 Å². The van der Waals surface area contributed by atoms with E-state index >= 15 is 0 Å². The van der Waals surface area contributed by atoms with Crippen molar-refractivity contribution in [3.63, 3.8) is 0 Å². The SMILES string of the molecule is Cc1cn2c(-c3cnn(COCC[Si](C)(C)C)c3)cnc2c(N(COCC[Si](C)(C)C)c2cc(CO)ns2)n1. The molecule has 0 radical (unpaired) electrons. The monoisotopic (exact) mass is 587 g/mol. The molecule has 0 fully saturated rings. The number of rotatable bonds is 14. The molecule has 39 heavy (non-hydrogen) atoms. The fourth-order valence-electron chi connectivity index (χ4n) is 3.85. The molecule has 0 aliphatic rings.